The van der Waals surface area contributed by atoms with Gasteiger partial charge in [-0.1, -0.05) is 23.7 Å². The maximum absolute atomic E-state index is 13.0. The van der Waals surface area contributed by atoms with Gasteiger partial charge in [-0.15, -0.1) is 0 Å². The third-order valence-corrected chi connectivity index (χ3v) is 5.96. The Bertz CT molecular complexity index is 1010. The lowest BCUT2D eigenvalue weighted by Crippen LogP contribution is -2.53. The number of ether oxygens (including phenoxy) is 3. The minimum Gasteiger partial charge on any atom is -0.495 e. The molecule has 2 aromatic carbocycles. The number of anilines is 2. The first-order valence-electron chi connectivity index (χ1n) is 10.5. The van der Waals surface area contributed by atoms with Crippen LogP contribution in [0.2, 0.25) is 5.02 Å². The van der Waals surface area contributed by atoms with Gasteiger partial charge in [-0.2, -0.15) is 0 Å². The Morgan fingerprint density at radius 1 is 1.22 bits per heavy atom. The van der Waals surface area contributed by atoms with Gasteiger partial charge < -0.3 is 29.3 Å². The van der Waals surface area contributed by atoms with Crippen molar-refractivity contribution >= 4 is 34.8 Å². The van der Waals surface area contributed by atoms with Crippen LogP contribution >= 0.6 is 11.6 Å². The van der Waals surface area contributed by atoms with Crippen molar-refractivity contribution in [2.24, 2.45) is 0 Å². The minimum absolute atomic E-state index is 0.0537. The van der Waals surface area contributed by atoms with Crippen LogP contribution in [0.15, 0.2) is 36.4 Å². The predicted molar refractivity (Wildman–Crippen MR) is 122 cm³/mol. The number of nitrogens with zero attached hydrogens (tertiary/aromatic N) is 2. The number of amides is 2. The van der Waals surface area contributed by atoms with Crippen LogP contribution in [0.5, 0.6) is 11.5 Å². The van der Waals surface area contributed by atoms with Crippen molar-refractivity contribution < 1.29 is 23.8 Å². The van der Waals surface area contributed by atoms with E-state index in [9.17, 15) is 9.59 Å². The molecule has 0 aliphatic carbocycles. The lowest BCUT2D eigenvalue weighted by molar-refractivity contribution is -0.142. The number of fused-ring (bicyclic) bond motifs is 1. The van der Waals surface area contributed by atoms with E-state index in [1.807, 2.05) is 36.1 Å². The van der Waals surface area contributed by atoms with E-state index in [0.717, 1.165) is 11.3 Å². The molecule has 0 spiro atoms. The second kappa shape index (κ2) is 9.67. The van der Waals surface area contributed by atoms with Crippen molar-refractivity contribution in [2.45, 2.75) is 13.0 Å². The number of carbonyl (C=O) groups excluding carboxylic acids is 2. The van der Waals surface area contributed by atoms with Crippen LogP contribution in [0.3, 0.4) is 0 Å². The summed E-state index contributed by atoms with van der Waals surface area (Å²) in [4.78, 5) is 29.6. The first kappa shape index (κ1) is 22.2. The molecule has 1 saturated heterocycles. The fourth-order valence-electron chi connectivity index (χ4n) is 3.87. The third-order valence-electron chi connectivity index (χ3n) is 5.55. The van der Waals surface area contributed by atoms with Gasteiger partial charge in [0, 0.05) is 24.2 Å². The summed E-state index contributed by atoms with van der Waals surface area (Å²) in [5, 5.41) is 3.46. The summed E-state index contributed by atoms with van der Waals surface area (Å²) in [6.45, 7) is 4.30. The standard InChI is InChI=1S/C23H26ClN3O5/c1-15-11-17(20(30-2)12-16(15)24)25-22(28)14-27-13-21(23(29)26-7-9-31-10-8-26)32-19-6-4-3-5-18(19)27/h3-6,11-12,21H,7-10,13-14H2,1-2H3,(H,25,28). The van der Waals surface area contributed by atoms with Crippen LogP contribution in [0.25, 0.3) is 0 Å². The average molecular weight is 460 g/mol. The van der Waals surface area contributed by atoms with E-state index in [-0.39, 0.29) is 24.9 Å². The van der Waals surface area contributed by atoms with Crippen molar-refractivity contribution in [2.75, 3.05) is 56.7 Å². The number of morpholine rings is 1. The molecule has 2 heterocycles. The van der Waals surface area contributed by atoms with Crippen LogP contribution in [0.4, 0.5) is 11.4 Å². The van der Waals surface area contributed by atoms with Crippen LogP contribution in [0, 0.1) is 6.92 Å². The Hall–Kier alpha value is -2.97. The third kappa shape index (κ3) is 4.76. The summed E-state index contributed by atoms with van der Waals surface area (Å²) in [7, 11) is 1.52. The zero-order valence-corrected chi connectivity index (χ0v) is 18.9. The lowest BCUT2D eigenvalue weighted by Gasteiger charge is -2.38. The smallest absolute Gasteiger partial charge is 0.265 e. The normalized spacial score (nSPS) is 17.9. The molecule has 0 aromatic heterocycles. The fourth-order valence-corrected chi connectivity index (χ4v) is 4.02. The molecule has 2 amide bonds. The molecule has 1 N–H and O–H groups in total. The van der Waals surface area contributed by atoms with E-state index in [0.29, 0.717) is 48.5 Å². The molecular weight excluding hydrogens is 434 g/mol. The number of carbonyl (C=O) groups is 2. The highest BCUT2D eigenvalue weighted by Crippen LogP contribution is 2.34. The molecule has 4 rings (SSSR count). The second-order valence-corrected chi connectivity index (χ2v) is 8.15. The Morgan fingerprint density at radius 2 is 1.97 bits per heavy atom. The van der Waals surface area contributed by atoms with Gasteiger partial charge >= 0.3 is 0 Å². The van der Waals surface area contributed by atoms with E-state index in [1.54, 1.807) is 17.0 Å². The molecule has 170 valence electrons. The van der Waals surface area contributed by atoms with Crippen LogP contribution in [-0.2, 0) is 14.3 Å². The molecule has 1 fully saturated rings. The quantitative estimate of drug-likeness (QED) is 0.740. The SMILES string of the molecule is COc1cc(Cl)c(C)cc1NC(=O)CN1CC(C(=O)N2CCOCC2)Oc2ccccc21. The van der Waals surface area contributed by atoms with Crippen molar-refractivity contribution in [3.8, 4) is 11.5 Å². The van der Waals surface area contributed by atoms with Crippen molar-refractivity contribution in [1.29, 1.82) is 0 Å². The fraction of sp³-hybridized carbons (Fsp3) is 0.391. The Kier molecular flexibility index (Phi) is 6.72. The van der Waals surface area contributed by atoms with Crippen LogP contribution in [-0.4, -0.2) is 69.3 Å². The zero-order chi connectivity index (χ0) is 22.7. The van der Waals surface area contributed by atoms with E-state index in [4.69, 9.17) is 25.8 Å². The van der Waals surface area contributed by atoms with Gasteiger partial charge in [0.05, 0.1) is 44.8 Å². The van der Waals surface area contributed by atoms with Gasteiger partial charge in [-0.05, 0) is 30.7 Å². The van der Waals surface area contributed by atoms with E-state index < -0.39 is 6.10 Å². The van der Waals surface area contributed by atoms with E-state index >= 15 is 0 Å². The van der Waals surface area contributed by atoms with Gasteiger partial charge in [0.1, 0.15) is 11.5 Å². The number of halogens is 1. The summed E-state index contributed by atoms with van der Waals surface area (Å²) in [5.41, 5.74) is 2.14. The van der Waals surface area contributed by atoms with Crippen molar-refractivity contribution in [1.82, 2.24) is 4.90 Å². The number of hydrogen-bond donors (Lipinski definition) is 1. The number of para-hydroxylation sites is 2. The number of nitrogens with one attached hydrogen (secondary N) is 1. The first-order valence-corrected chi connectivity index (χ1v) is 10.8. The number of benzene rings is 2. The average Bonchev–Trinajstić information content (AvgIpc) is 2.81. The lowest BCUT2D eigenvalue weighted by atomic mass is 10.1. The summed E-state index contributed by atoms with van der Waals surface area (Å²) in [6, 6.07) is 10.9. The molecule has 8 nitrogen and oxygen atoms in total. The Morgan fingerprint density at radius 3 is 2.72 bits per heavy atom. The predicted octanol–water partition coefficient (Wildman–Crippen LogP) is 2.72. The molecule has 0 radical (unpaired) electrons. The molecule has 9 heteroatoms. The second-order valence-electron chi connectivity index (χ2n) is 7.74. The van der Waals surface area contributed by atoms with Gasteiger partial charge in [-0.25, -0.2) is 0 Å². The summed E-state index contributed by atoms with van der Waals surface area (Å²) < 4.78 is 16.7. The number of hydrogen-bond acceptors (Lipinski definition) is 6. The first-order chi connectivity index (χ1) is 15.5. The van der Waals surface area contributed by atoms with Gasteiger partial charge in [0.15, 0.2) is 6.10 Å². The van der Waals surface area contributed by atoms with E-state index in [1.165, 1.54) is 7.11 Å². The molecule has 32 heavy (non-hydrogen) atoms. The molecule has 2 aliphatic rings. The summed E-state index contributed by atoms with van der Waals surface area (Å²) >= 11 is 6.16. The van der Waals surface area contributed by atoms with Crippen LogP contribution < -0.4 is 19.7 Å². The van der Waals surface area contributed by atoms with Gasteiger partial charge in [0.2, 0.25) is 5.91 Å². The molecule has 2 aromatic rings. The summed E-state index contributed by atoms with van der Waals surface area (Å²) in [5.74, 6) is 0.734. The van der Waals surface area contributed by atoms with Gasteiger partial charge in [-0.3, -0.25) is 9.59 Å². The maximum Gasteiger partial charge on any atom is 0.265 e. The number of aryl methyl sites for hydroxylation is 1. The molecule has 0 bridgehead atoms. The van der Waals surface area contributed by atoms with Gasteiger partial charge in [0.25, 0.3) is 5.91 Å². The molecule has 1 unspecified atom stereocenters. The largest absolute Gasteiger partial charge is 0.495 e. The molecule has 2 aliphatic heterocycles. The highest BCUT2D eigenvalue weighted by atomic mass is 35.5. The molecule has 0 saturated carbocycles. The van der Waals surface area contributed by atoms with Crippen molar-refractivity contribution in [3.05, 3.63) is 47.0 Å². The topological polar surface area (TPSA) is 80.3 Å². The highest BCUT2D eigenvalue weighted by Gasteiger charge is 2.34. The van der Waals surface area contributed by atoms with Crippen molar-refractivity contribution in [3.63, 3.8) is 0 Å². The van der Waals surface area contributed by atoms with Crippen LogP contribution in [0.1, 0.15) is 5.56 Å². The minimum atomic E-state index is -0.692. The monoisotopic (exact) mass is 459 g/mol. The zero-order valence-electron chi connectivity index (χ0n) is 18.1. The number of methoxy groups -OCH3 is 1. The Balaban J connectivity index is 1.51. The Labute approximate surface area is 192 Å². The van der Waals surface area contributed by atoms with E-state index in [2.05, 4.69) is 5.32 Å². The summed E-state index contributed by atoms with van der Waals surface area (Å²) in [6.07, 6.45) is -0.692. The number of rotatable bonds is 5. The maximum atomic E-state index is 13.0. The molecule has 1 atom stereocenters. The highest BCUT2D eigenvalue weighted by molar-refractivity contribution is 6.31. The molecular formula is C23H26ClN3O5.